The molecule has 3 heterocycles. The lowest BCUT2D eigenvalue weighted by Gasteiger charge is -2.53. The van der Waals surface area contributed by atoms with Gasteiger partial charge in [-0.25, -0.2) is 9.97 Å². The molecule has 6 nitrogen and oxygen atoms in total. The molecular weight excluding hydrogens is 410 g/mol. The van der Waals surface area contributed by atoms with E-state index in [0.717, 1.165) is 46.3 Å². The Morgan fingerprint density at radius 2 is 1.88 bits per heavy atom. The summed E-state index contributed by atoms with van der Waals surface area (Å²) in [5.41, 5.74) is 10.6. The first kappa shape index (κ1) is 20.2. The van der Waals surface area contributed by atoms with Crippen LogP contribution in [0.25, 0.3) is 22.2 Å². The Hall–Kier alpha value is -3.38. The number of likely N-dealkylation sites (tertiary alicyclic amines) is 1. The maximum absolute atomic E-state index is 6.39. The first-order chi connectivity index (χ1) is 16.1. The summed E-state index contributed by atoms with van der Waals surface area (Å²) in [5.74, 6) is 1.35. The highest BCUT2D eigenvalue weighted by Crippen LogP contribution is 2.46. The van der Waals surface area contributed by atoms with Gasteiger partial charge in [0.15, 0.2) is 0 Å². The fourth-order valence-electron chi connectivity index (χ4n) is 5.33. The standard InChI is InChI=1S/C27H29N5O/c1-27(14-21(15-27)31-11-6-12-31)32-16-23(24-25(28)29-18-30-26(24)32)20-9-5-10-22(13-20)33-17-19-7-3-2-4-8-19/h2-5,7-10,13,16,18,21H,6,11-12,14-15,17H2,1H3,(H2,28,29,30). The third kappa shape index (κ3) is 3.55. The second-order valence-electron chi connectivity index (χ2n) is 9.62. The van der Waals surface area contributed by atoms with Crippen molar-refractivity contribution < 1.29 is 4.74 Å². The molecule has 1 aliphatic carbocycles. The van der Waals surface area contributed by atoms with Crippen LogP contribution >= 0.6 is 0 Å². The highest BCUT2D eigenvalue weighted by molar-refractivity contribution is 6.00. The van der Waals surface area contributed by atoms with Gasteiger partial charge >= 0.3 is 0 Å². The Labute approximate surface area is 194 Å². The van der Waals surface area contributed by atoms with Crippen LogP contribution in [0.3, 0.4) is 0 Å². The van der Waals surface area contributed by atoms with Crippen LogP contribution in [0.2, 0.25) is 0 Å². The van der Waals surface area contributed by atoms with Gasteiger partial charge in [0.2, 0.25) is 0 Å². The Balaban J connectivity index is 1.34. The molecule has 1 saturated carbocycles. The van der Waals surface area contributed by atoms with Gasteiger partial charge in [0.1, 0.15) is 30.1 Å². The number of fused-ring (bicyclic) bond motifs is 1. The van der Waals surface area contributed by atoms with Crippen LogP contribution in [-0.4, -0.2) is 38.6 Å². The topological polar surface area (TPSA) is 69.2 Å². The number of nitrogens with two attached hydrogens (primary N) is 1. The fraction of sp³-hybridized carbons (Fsp3) is 0.333. The predicted molar refractivity (Wildman–Crippen MR) is 131 cm³/mol. The van der Waals surface area contributed by atoms with Crippen LogP contribution < -0.4 is 10.5 Å². The van der Waals surface area contributed by atoms with E-state index in [-0.39, 0.29) is 5.54 Å². The number of rotatable bonds is 6. The van der Waals surface area contributed by atoms with E-state index in [1.807, 2.05) is 30.3 Å². The number of hydrogen-bond acceptors (Lipinski definition) is 5. The van der Waals surface area contributed by atoms with Crippen LogP contribution in [0.1, 0.15) is 31.7 Å². The second kappa shape index (κ2) is 7.89. The molecule has 2 N–H and O–H groups in total. The monoisotopic (exact) mass is 439 g/mol. The Morgan fingerprint density at radius 1 is 1.06 bits per heavy atom. The number of ether oxygens (including phenoxy) is 1. The molecule has 0 spiro atoms. The molecule has 0 atom stereocenters. The molecule has 2 aliphatic rings. The average Bonchev–Trinajstić information content (AvgIpc) is 3.18. The van der Waals surface area contributed by atoms with E-state index in [9.17, 15) is 0 Å². The maximum Gasteiger partial charge on any atom is 0.146 e. The second-order valence-corrected chi connectivity index (χ2v) is 9.62. The number of nitrogens with zero attached hydrogens (tertiary/aromatic N) is 4. The molecule has 2 aromatic heterocycles. The molecule has 0 unspecified atom stereocenters. The van der Waals surface area contributed by atoms with Crippen molar-refractivity contribution in [2.75, 3.05) is 18.8 Å². The minimum Gasteiger partial charge on any atom is -0.489 e. The van der Waals surface area contributed by atoms with Gasteiger partial charge in [-0.1, -0.05) is 42.5 Å². The smallest absolute Gasteiger partial charge is 0.146 e. The van der Waals surface area contributed by atoms with Crippen LogP contribution in [0.15, 0.2) is 67.1 Å². The van der Waals surface area contributed by atoms with Gasteiger partial charge in [0.25, 0.3) is 0 Å². The lowest BCUT2D eigenvalue weighted by Crippen LogP contribution is -2.58. The van der Waals surface area contributed by atoms with Crippen molar-refractivity contribution in [2.45, 2.75) is 44.4 Å². The summed E-state index contributed by atoms with van der Waals surface area (Å²) in [6, 6.07) is 19.1. The Bertz CT molecular complexity index is 1290. The SMILES string of the molecule is CC1(n2cc(-c3cccc(OCc4ccccc4)c3)c3c(N)ncnc32)CC(N2CCC2)C1. The molecule has 0 amide bonds. The minimum atomic E-state index is 0.0406. The van der Waals surface area contributed by atoms with Crippen molar-refractivity contribution >= 4 is 16.9 Å². The summed E-state index contributed by atoms with van der Waals surface area (Å²) in [7, 11) is 0. The largest absolute Gasteiger partial charge is 0.489 e. The summed E-state index contributed by atoms with van der Waals surface area (Å²) >= 11 is 0. The first-order valence-corrected chi connectivity index (χ1v) is 11.7. The first-order valence-electron chi connectivity index (χ1n) is 11.7. The van der Waals surface area contributed by atoms with Gasteiger partial charge in [0, 0.05) is 23.3 Å². The number of anilines is 1. The summed E-state index contributed by atoms with van der Waals surface area (Å²) in [4.78, 5) is 11.6. The van der Waals surface area contributed by atoms with Crippen LogP contribution in [-0.2, 0) is 12.1 Å². The maximum atomic E-state index is 6.39. The van der Waals surface area contributed by atoms with Gasteiger partial charge < -0.3 is 19.9 Å². The molecule has 2 fully saturated rings. The molecule has 33 heavy (non-hydrogen) atoms. The number of hydrogen-bond donors (Lipinski definition) is 1. The van der Waals surface area contributed by atoms with Crippen molar-refractivity contribution in [1.82, 2.24) is 19.4 Å². The zero-order chi connectivity index (χ0) is 22.4. The van der Waals surface area contributed by atoms with Gasteiger partial charge in [0.05, 0.1) is 5.39 Å². The van der Waals surface area contributed by atoms with Crippen molar-refractivity contribution in [3.63, 3.8) is 0 Å². The van der Waals surface area contributed by atoms with Gasteiger partial charge in [-0.3, -0.25) is 0 Å². The molecule has 168 valence electrons. The summed E-state index contributed by atoms with van der Waals surface area (Å²) < 4.78 is 8.42. The summed E-state index contributed by atoms with van der Waals surface area (Å²) in [5, 5.41) is 0.923. The molecule has 6 rings (SSSR count). The molecule has 0 radical (unpaired) electrons. The van der Waals surface area contributed by atoms with E-state index >= 15 is 0 Å². The van der Waals surface area contributed by atoms with Crippen LogP contribution in [0.5, 0.6) is 5.75 Å². The van der Waals surface area contributed by atoms with Crippen molar-refractivity contribution in [3.8, 4) is 16.9 Å². The van der Waals surface area contributed by atoms with E-state index in [0.29, 0.717) is 18.5 Å². The quantitative estimate of drug-likeness (QED) is 0.465. The third-order valence-electron chi connectivity index (χ3n) is 7.35. The van der Waals surface area contributed by atoms with Crippen molar-refractivity contribution in [3.05, 3.63) is 72.7 Å². The van der Waals surface area contributed by atoms with E-state index < -0.39 is 0 Å². The Kier molecular flexibility index (Phi) is 4.84. The average molecular weight is 440 g/mol. The summed E-state index contributed by atoms with van der Waals surface area (Å²) in [6.45, 7) is 5.35. The number of aromatic nitrogens is 3. The van der Waals surface area contributed by atoms with Crippen molar-refractivity contribution in [1.29, 1.82) is 0 Å². The minimum absolute atomic E-state index is 0.0406. The third-order valence-corrected chi connectivity index (χ3v) is 7.35. The van der Waals surface area contributed by atoms with Gasteiger partial charge in [-0.15, -0.1) is 0 Å². The zero-order valence-corrected chi connectivity index (χ0v) is 18.9. The summed E-state index contributed by atoms with van der Waals surface area (Å²) in [6.07, 6.45) is 7.40. The van der Waals surface area contributed by atoms with Crippen LogP contribution in [0.4, 0.5) is 5.82 Å². The molecule has 0 bridgehead atoms. The zero-order valence-electron chi connectivity index (χ0n) is 18.9. The predicted octanol–water partition coefficient (Wildman–Crippen LogP) is 4.84. The van der Waals surface area contributed by atoms with Gasteiger partial charge in [-0.2, -0.15) is 0 Å². The lowest BCUT2D eigenvalue weighted by molar-refractivity contribution is -0.00924. The number of benzene rings is 2. The molecule has 6 heteroatoms. The number of nitrogen functional groups attached to an aromatic ring is 1. The van der Waals surface area contributed by atoms with Gasteiger partial charge in [-0.05, 0) is 62.5 Å². The molecular formula is C27H29N5O. The van der Waals surface area contributed by atoms with Crippen LogP contribution in [0, 0.1) is 0 Å². The highest BCUT2D eigenvalue weighted by Gasteiger charge is 2.46. The van der Waals surface area contributed by atoms with E-state index in [4.69, 9.17) is 10.5 Å². The highest BCUT2D eigenvalue weighted by atomic mass is 16.5. The van der Waals surface area contributed by atoms with E-state index in [1.54, 1.807) is 6.33 Å². The fourth-order valence-corrected chi connectivity index (χ4v) is 5.33. The van der Waals surface area contributed by atoms with E-state index in [2.05, 4.69) is 56.8 Å². The molecule has 1 saturated heterocycles. The molecule has 1 aliphatic heterocycles. The molecule has 4 aromatic rings. The van der Waals surface area contributed by atoms with E-state index in [1.165, 1.54) is 19.5 Å². The Morgan fingerprint density at radius 3 is 2.64 bits per heavy atom. The normalized spacial score (nSPS) is 22.6. The molecule has 2 aromatic carbocycles. The lowest BCUT2D eigenvalue weighted by atomic mass is 9.72. The van der Waals surface area contributed by atoms with Crippen molar-refractivity contribution in [2.24, 2.45) is 0 Å².